The van der Waals surface area contributed by atoms with Gasteiger partial charge < -0.3 is 10.3 Å². The first kappa shape index (κ1) is 17.3. The summed E-state index contributed by atoms with van der Waals surface area (Å²) in [6, 6.07) is 18.6. The summed E-state index contributed by atoms with van der Waals surface area (Å²) in [4.78, 5) is 30.4. The second kappa shape index (κ2) is 6.95. The minimum atomic E-state index is -0.386. The number of imidazole rings is 1. The number of benzene rings is 2. The fraction of sp³-hybridized carbons (Fsp3) is 0.364. The molecule has 28 heavy (non-hydrogen) atoms. The maximum atomic E-state index is 12.8. The molecule has 1 amide bonds. The number of carbonyl (C=O) groups is 1. The number of aromatic amines is 1. The molecule has 0 radical (unpaired) electrons. The third-order valence-electron chi connectivity index (χ3n) is 6.21. The third kappa shape index (κ3) is 3.03. The van der Waals surface area contributed by atoms with Crippen molar-refractivity contribution in [1.29, 1.82) is 0 Å². The Bertz CT molecular complexity index is 1040. The highest BCUT2D eigenvalue weighted by molar-refractivity contribution is 5.89. The van der Waals surface area contributed by atoms with Gasteiger partial charge in [-0.25, -0.2) is 14.2 Å². The van der Waals surface area contributed by atoms with Crippen molar-refractivity contribution in [2.45, 2.75) is 50.4 Å². The highest BCUT2D eigenvalue weighted by Gasteiger charge is 2.41. The summed E-state index contributed by atoms with van der Waals surface area (Å²) in [6.45, 7) is 0.971. The Morgan fingerprint density at radius 2 is 1.68 bits per heavy atom. The number of nitrogens with one attached hydrogen (secondary N) is 2. The van der Waals surface area contributed by atoms with Gasteiger partial charge in [-0.1, -0.05) is 42.5 Å². The molecule has 3 heterocycles. The van der Waals surface area contributed by atoms with Crippen molar-refractivity contribution >= 4 is 17.1 Å². The number of carbonyl (C=O) groups excluding carboxylic acids is 1. The number of rotatable bonds is 3. The van der Waals surface area contributed by atoms with Gasteiger partial charge in [0.25, 0.3) is 0 Å². The fourth-order valence-corrected chi connectivity index (χ4v) is 4.94. The van der Waals surface area contributed by atoms with Gasteiger partial charge in [0.05, 0.1) is 11.0 Å². The maximum absolute atomic E-state index is 12.8. The lowest BCUT2D eigenvalue weighted by Crippen LogP contribution is -2.51. The van der Waals surface area contributed by atoms with E-state index in [0.717, 1.165) is 19.4 Å². The van der Waals surface area contributed by atoms with Crippen LogP contribution in [-0.2, 0) is 6.54 Å². The van der Waals surface area contributed by atoms with E-state index in [1.165, 1.54) is 23.0 Å². The smallest absolute Gasteiger partial charge is 0.334 e. The zero-order valence-corrected chi connectivity index (χ0v) is 15.7. The van der Waals surface area contributed by atoms with Crippen LogP contribution in [0.3, 0.4) is 0 Å². The van der Waals surface area contributed by atoms with Gasteiger partial charge in [0.2, 0.25) is 0 Å². The molecule has 6 heteroatoms. The Morgan fingerprint density at radius 3 is 2.43 bits per heavy atom. The summed E-state index contributed by atoms with van der Waals surface area (Å²) in [6.07, 6.45) is 4.23. The van der Waals surface area contributed by atoms with Crippen LogP contribution in [0.2, 0.25) is 0 Å². The summed E-state index contributed by atoms with van der Waals surface area (Å²) < 4.78 is 1.22. The van der Waals surface area contributed by atoms with Crippen molar-refractivity contribution in [3.8, 4) is 0 Å². The van der Waals surface area contributed by atoms with Crippen molar-refractivity contribution in [3.05, 3.63) is 70.6 Å². The molecule has 0 aliphatic carbocycles. The predicted molar refractivity (Wildman–Crippen MR) is 108 cm³/mol. The van der Waals surface area contributed by atoms with E-state index in [1.54, 1.807) is 6.07 Å². The molecule has 2 aliphatic rings. The van der Waals surface area contributed by atoms with Crippen LogP contribution in [0.5, 0.6) is 0 Å². The second-order valence-electron chi connectivity index (χ2n) is 7.94. The van der Waals surface area contributed by atoms with Crippen LogP contribution in [0.1, 0.15) is 31.2 Å². The normalized spacial score (nSPS) is 24.5. The van der Waals surface area contributed by atoms with Crippen LogP contribution < -0.4 is 11.0 Å². The van der Waals surface area contributed by atoms with E-state index < -0.39 is 0 Å². The van der Waals surface area contributed by atoms with Crippen molar-refractivity contribution in [2.75, 3.05) is 0 Å². The number of hydrogen-bond donors (Lipinski definition) is 2. The van der Waals surface area contributed by atoms with Gasteiger partial charge in [-0.3, -0.25) is 4.90 Å². The Hall–Kier alpha value is -2.86. The quantitative estimate of drug-likeness (QED) is 0.738. The van der Waals surface area contributed by atoms with Crippen LogP contribution in [0.4, 0.5) is 4.79 Å². The van der Waals surface area contributed by atoms with E-state index in [4.69, 9.17) is 0 Å². The molecule has 1 unspecified atom stereocenters. The number of aromatic nitrogens is 2. The Balaban J connectivity index is 1.30. The summed E-state index contributed by atoms with van der Waals surface area (Å²) in [7, 11) is 0. The number of fused-ring (bicyclic) bond motifs is 3. The molecule has 144 valence electrons. The minimum absolute atomic E-state index is 0.109. The van der Waals surface area contributed by atoms with Crippen molar-refractivity contribution in [1.82, 2.24) is 19.8 Å². The first-order valence-corrected chi connectivity index (χ1v) is 9.99. The van der Waals surface area contributed by atoms with Crippen LogP contribution in [0.25, 0.3) is 11.0 Å². The number of piperidine rings is 1. The highest BCUT2D eigenvalue weighted by Crippen LogP contribution is 2.36. The standard InChI is InChI=1S/C22H24N4O2/c27-21(26-20-9-5-4-8-19(20)24-22(26)28)23-16-12-17-10-11-18(13-16)25(17)14-15-6-2-1-3-7-15/h1-9,16-18H,10-14H2,(H,23,27)(H,24,28)/t16?,17-,18+. The maximum Gasteiger partial charge on any atom is 0.334 e. The lowest BCUT2D eigenvalue weighted by molar-refractivity contribution is 0.111. The van der Waals surface area contributed by atoms with Gasteiger partial charge >= 0.3 is 11.7 Å². The highest BCUT2D eigenvalue weighted by atomic mass is 16.2. The molecule has 2 aliphatic heterocycles. The number of para-hydroxylation sites is 2. The van der Waals surface area contributed by atoms with Crippen molar-refractivity contribution < 1.29 is 4.79 Å². The van der Waals surface area contributed by atoms with E-state index in [2.05, 4.69) is 39.5 Å². The molecule has 2 fully saturated rings. The zero-order valence-electron chi connectivity index (χ0n) is 15.7. The number of H-pyrrole nitrogens is 1. The molecule has 2 aromatic carbocycles. The lowest BCUT2D eigenvalue weighted by atomic mass is 9.96. The van der Waals surface area contributed by atoms with Crippen LogP contribution in [0, 0.1) is 0 Å². The number of amides is 1. The van der Waals surface area contributed by atoms with E-state index >= 15 is 0 Å². The molecular weight excluding hydrogens is 352 g/mol. The number of nitrogens with zero attached hydrogens (tertiary/aromatic N) is 2. The van der Waals surface area contributed by atoms with Gasteiger partial charge in [0, 0.05) is 24.7 Å². The van der Waals surface area contributed by atoms with E-state index in [-0.39, 0.29) is 17.8 Å². The Kier molecular flexibility index (Phi) is 4.28. The monoisotopic (exact) mass is 376 g/mol. The number of hydrogen-bond acceptors (Lipinski definition) is 3. The zero-order chi connectivity index (χ0) is 19.1. The summed E-state index contributed by atoms with van der Waals surface area (Å²) in [5.74, 6) is 0. The topological polar surface area (TPSA) is 70.1 Å². The van der Waals surface area contributed by atoms with E-state index in [0.29, 0.717) is 23.1 Å². The minimum Gasteiger partial charge on any atom is -0.334 e. The molecule has 3 aromatic rings. The summed E-state index contributed by atoms with van der Waals surface area (Å²) in [5.41, 5.74) is 2.25. The Morgan fingerprint density at radius 1 is 1.00 bits per heavy atom. The van der Waals surface area contributed by atoms with Gasteiger partial charge in [0.1, 0.15) is 0 Å². The largest absolute Gasteiger partial charge is 0.334 e. The average Bonchev–Trinajstić information content (AvgIpc) is 3.14. The molecule has 1 aromatic heterocycles. The molecule has 2 N–H and O–H groups in total. The first-order chi connectivity index (χ1) is 13.7. The van der Waals surface area contributed by atoms with Crippen LogP contribution in [-0.4, -0.2) is 38.6 Å². The molecule has 6 nitrogen and oxygen atoms in total. The third-order valence-corrected chi connectivity index (χ3v) is 6.21. The SMILES string of the molecule is O=C(NC1C[C@H]2CC[C@@H](C1)N2Cc1ccccc1)n1c(=O)[nH]c2ccccc21. The van der Waals surface area contributed by atoms with Gasteiger partial charge in [-0.15, -0.1) is 0 Å². The second-order valence-corrected chi connectivity index (χ2v) is 7.94. The molecule has 0 spiro atoms. The van der Waals surface area contributed by atoms with Crippen molar-refractivity contribution in [2.24, 2.45) is 0 Å². The van der Waals surface area contributed by atoms with E-state index in [1.807, 2.05) is 24.3 Å². The van der Waals surface area contributed by atoms with E-state index in [9.17, 15) is 9.59 Å². The van der Waals surface area contributed by atoms with Gasteiger partial charge in [0.15, 0.2) is 0 Å². The summed E-state index contributed by atoms with van der Waals surface area (Å²) in [5, 5.41) is 3.12. The van der Waals surface area contributed by atoms with Gasteiger partial charge in [-0.2, -0.15) is 0 Å². The Labute approximate surface area is 163 Å². The molecule has 2 saturated heterocycles. The molecule has 2 bridgehead atoms. The molecule has 3 atom stereocenters. The summed E-state index contributed by atoms with van der Waals surface area (Å²) >= 11 is 0. The predicted octanol–water partition coefficient (Wildman–Crippen LogP) is 3.08. The van der Waals surface area contributed by atoms with Gasteiger partial charge in [-0.05, 0) is 43.4 Å². The fourth-order valence-electron chi connectivity index (χ4n) is 4.94. The molecular formula is C22H24N4O2. The lowest BCUT2D eigenvalue weighted by Gasteiger charge is -2.39. The van der Waals surface area contributed by atoms with Crippen LogP contribution in [0.15, 0.2) is 59.4 Å². The van der Waals surface area contributed by atoms with Crippen molar-refractivity contribution in [3.63, 3.8) is 0 Å². The average molecular weight is 376 g/mol. The molecule has 0 saturated carbocycles. The molecule has 5 rings (SSSR count). The first-order valence-electron chi connectivity index (χ1n) is 9.99. The van der Waals surface area contributed by atoms with Crippen LogP contribution >= 0.6 is 0 Å².